The van der Waals surface area contributed by atoms with E-state index in [1.165, 1.54) is 0 Å². The molecule has 0 spiro atoms. The highest BCUT2D eigenvalue weighted by Crippen LogP contribution is 2.08. The summed E-state index contributed by atoms with van der Waals surface area (Å²) < 4.78 is 4.86. The summed E-state index contributed by atoms with van der Waals surface area (Å²) in [5.74, 6) is -1.74. The van der Waals surface area contributed by atoms with Crippen molar-refractivity contribution < 1.29 is 19.4 Å². The van der Waals surface area contributed by atoms with E-state index in [1.807, 2.05) is 0 Å². The van der Waals surface area contributed by atoms with Crippen LogP contribution in [0.25, 0.3) is 0 Å². The fourth-order valence-electron chi connectivity index (χ4n) is 0.597. The van der Waals surface area contributed by atoms with Crippen LogP contribution in [0.3, 0.4) is 0 Å². The van der Waals surface area contributed by atoms with Gasteiger partial charge in [-0.05, 0) is 20.8 Å². The molecule has 0 N–H and O–H groups in total. The third-order valence-electron chi connectivity index (χ3n) is 0.953. The van der Waals surface area contributed by atoms with Gasteiger partial charge in [-0.3, -0.25) is 4.79 Å². The van der Waals surface area contributed by atoms with Gasteiger partial charge in [0, 0.05) is 0 Å². The summed E-state index contributed by atoms with van der Waals surface area (Å²) in [6.45, 7) is 5.18. The first-order chi connectivity index (χ1) is 5.31. The molecule has 12 heavy (non-hydrogen) atoms. The van der Waals surface area contributed by atoms with Gasteiger partial charge in [-0.15, -0.1) is 0 Å². The number of rotatable bonds is 3. The topological polar surface area (TPSA) is 63.3 Å². The average Bonchev–Trinajstić information content (AvgIpc) is 1.79. The second kappa shape index (κ2) is 4.09. The Morgan fingerprint density at radius 1 is 1.17 bits per heavy atom. The zero-order chi connectivity index (χ0) is 9.78. The van der Waals surface area contributed by atoms with Gasteiger partial charge in [0.2, 0.25) is 0 Å². The Labute approximate surface area is 71.5 Å². The number of ether oxygens (including phenoxy) is 1. The number of hydrogen-bond donors (Lipinski definition) is 0. The number of carbonyl (C=O) groups is 2. The fraction of sp³-hybridized carbons (Fsp3) is 0.750. The summed E-state index contributed by atoms with van der Waals surface area (Å²) >= 11 is 0. The smallest absolute Gasteiger partial charge is 0.356 e. The van der Waals surface area contributed by atoms with Gasteiger partial charge < -0.3 is 4.74 Å². The molecule has 0 aromatic carbocycles. The van der Waals surface area contributed by atoms with Crippen molar-refractivity contribution in [2.75, 3.05) is 0 Å². The average molecular weight is 173 g/mol. The van der Waals surface area contributed by atoms with E-state index in [0.717, 1.165) is 0 Å². The third kappa shape index (κ3) is 7.05. The lowest BCUT2D eigenvalue weighted by atomic mass is 10.2. The first kappa shape index (κ1) is 10.9. The Balaban J connectivity index is 3.68. The second-order valence-corrected chi connectivity index (χ2v) is 3.46. The van der Waals surface area contributed by atoms with Crippen LogP contribution < -0.4 is 0 Å². The number of esters is 1. The van der Waals surface area contributed by atoms with Gasteiger partial charge in [0.05, 0.1) is 12.8 Å². The maximum absolute atomic E-state index is 10.8. The van der Waals surface area contributed by atoms with Crippen LogP contribution in [0.2, 0.25) is 0 Å². The molecular formula is C8H13O4. The van der Waals surface area contributed by atoms with E-state index in [0.29, 0.717) is 0 Å². The maximum atomic E-state index is 10.8. The highest BCUT2D eigenvalue weighted by Gasteiger charge is 2.16. The molecule has 0 aliphatic heterocycles. The second-order valence-electron chi connectivity index (χ2n) is 3.46. The van der Waals surface area contributed by atoms with Crippen molar-refractivity contribution in [2.24, 2.45) is 0 Å². The van der Waals surface area contributed by atoms with Gasteiger partial charge in [-0.1, -0.05) is 0 Å². The van der Waals surface area contributed by atoms with Crippen LogP contribution in [0.4, 0.5) is 0 Å². The molecule has 0 fully saturated rings. The molecule has 0 amide bonds. The molecule has 0 aliphatic carbocycles. The Bertz CT molecular complexity index is 178. The van der Waals surface area contributed by atoms with E-state index < -0.39 is 17.5 Å². The fourth-order valence-corrected chi connectivity index (χ4v) is 0.597. The Morgan fingerprint density at radius 2 is 1.67 bits per heavy atom. The molecule has 0 aliphatic rings. The molecular weight excluding hydrogens is 160 g/mol. The van der Waals surface area contributed by atoms with Crippen molar-refractivity contribution in [1.29, 1.82) is 0 Å². The quantitative estimate of drug-likeness (QED) is 0.599. The first-order valence-electron chi connectivity index (χ1n) is 3.73. The Kier molecular flexibility index (Phi) is 3.73. The van der Waals surface area contributed by atoms with Gasteiger partial charge in [0.1, 0.15) is 5.60 Å². The summed E-state index contributed by atoms with van der Waals surface area (Å²) in [4.78, 5) is 20.8. The first-order valence-corrected chi connectivity index (χ1v) is 3.73. The van der Waals surface area contributed by atoms with Crippen molar-refractivity contribution in [1.82, 2.24) is 0 Å². The molecule has 4 nitrogen and oxygen atoms in total. The molecule has 0 atom stereocenters. The zero-order valence-corrected chi connectivity index (χ0v) is 7.55. The van der Waals surface area contributed by atoms with Crippen molar-refractivity contribution in [3.8, 4) is 0 Å². The summed E-state index contributed by atoms with van der Waals surface area (Å²) in [5, 5.41) is 9.95. The monoisotopic (exact) mass is 173 g/mol. The minimum atomic E-state index is -1.24. The molecule has 0 saturated carbocycles. The largest absolute Gasteiger partial charge is 0.460 e. The molecule has 0 saturated heterocycles. The highest BCUT2D eigenvalue weighted by molar-refractivity contribution is 5.76. The standard InChI is InChI=1S/C8H13O4/c1-8(2,3)12-7(11)5-4-6(9)10/h4-5H2,1-3H3. The lowest BCUT2D eigenvalue weighted by molar-refractivity contribution is -0.158. The minimum absolute atomic E-state index is 0.125. The van der Waals surface area contributed by atoms with Crippen molar-refractivity contribution in [3.63, 3.8) is 0 Å². The van der Waals surface area contributed by atoms with Gasteiger partial charge >= 0.3 is 11.9 Å². The van der Waals surface area contributed by atoms with Crippen molar-refractivity contribution in [3.05, 3.63) is 0 Å². The lowest BCUT2D eigenvalue weighted by Crippen LogP contribution is -2.24. The van der Waals surface area contributed by atoms with Crippen LogP contribution >= 0.6 is 0 Å². The molecule has 0 rings (SSSR count). The van der Waals surface area contributed by atoms with Crippen LogP contribution in [0.15, 0.2) is 0 Å². The highest BCUT2D eigenvalue weighted by atomic mass is 16.6. The molecule has 69 valence electrons. The number of hydrogen-bond acceptors (Lipinski definition) is 3. The molecule has 0 bridgehead atoms. The normalized spacial score (nSPS) is 10.9. The zero-order valence-electron chi connectivity index (χ0n) is 7.55. The van der Waals surface area contributed by atoms with Crippen molar-refractivity contribution in [2.45, 2.75) is 39.2 Å². The van der Waals surface area contributed by atoms with Crippen LogP contribution in [0.5, 0.6) is 0 Å². The van der Waals surface area contributed by atoms with E-state index >= 15 is 0 Å². The molecule has 0 aromatic heterocycles. The predicted molar refractivity (Wildman–Crippen MR) is 40.8 cm³/mol. The van der Waals surface area contributed by atoms with Crippen LogP contribution in [0.1, 0.15) is 33.6 Å². The van der Waals surface area contributed by atoms with Gasteiger partial charge in [-0.25, -0.2) is 9.90 Å². The van der Waals surface area contributed by atoms with Crippen LogP contribution in [-0.2, 0) is 19.4 Å². The van der Waals surface area contributed by atoms with Gasteiger partial charge in [0.25, 0.3) is 0 Å². The van der Waals surface area contributed by atoms with Gasteiger partial charge in [-0.2, -0.15) is 0 Å². The number of carbonyl (C=O) groups excluding carboxylic acids is 2. The SMILES string of the molecule is CC(C)(C)OC(=O)CCC([O])=O. The molecule has 0 heterocycles. The van der Waals surface area contributed by atoms with E-state index in [4.69, 9.17) is 4.74 Å². The van der Waals surface area contributed by atoms with Crippen LogP contribution in [0, 0.1) is 0 Å². The Hall–Kier alpha value is -1.06. The van der Waals surface area contributed by atoms with Crippen LogP contribution in [-0.4, -0.2) is 17.5 Å². The summed E-state index contributed by atoms with van der Waals surface area (Å²) in [7, 11) is 0. The molecule has 4 heteroatoms. The van der Waals surface area contributed by atoms with E-state index in [1.54, 1.807) is 20.8 Å². The lowest BCUT2D eigenvalue weighted by Gasteiger charge is -2.18. The maximum Gasteiger partial charge on any atom is 0.356 e. The van der Waals surface area contributed by atoms with E-state index in [2.05, 4.69) is 0 Å². The summed E-state index contributed by atoms with van der Waals surface area (Å²) in [5.41, 5.74) is -0.553. The van der Waals surface area contributed by atoms with E-state index in [9.17, 15) is 14.7 Å². The minimum Gasteiger partial charge on any atom is -0.460 e. The summed E-state index contributed by atoms with van der Waals surface area (Å²) in [6.07, 6.45) is -0.408. The predicted octanol–water partition coefficient (Wildman–Crippen LogP) is 1.07. The summed E-state index contributed by atoms with van der Waals surface area (Å²) in [6, 6.07) is 0. The molecule has 1 radical (unpaired) electrons. The molecule has 0 unspecified atom stereocenters. The van der Waals surface area contributed by atoms with Gasteiger partial charge in [0.15, 0.2) is 0 Å². The van der Waals surface area contributed by atoms with E-state index in [-0.39, 0.29) is 12.8 Å². The molecule has 0 aromatic rings. The van der Waals surface area contributed by atoms with Crippen molar-refractivity contribution >= 4 is 11.9 Å². The Morgan fingerprint density at radius 3 is 2.00 bits per heavy atom. The third-order valence-corrected chi connectivity index (χ3v) is 0.953.